The van der Waals surface area contributed by atoms with Crippen LogP contribution < -0.4 is 10.1 Å². The first-order valence-corrected chi connectivity index (χ1v) is 9.33. The van der Waals surface area contributed by atoms with E-state index in [-0.39, 0.29) is 11.9 Å². The Kier molecular flexibility index (Phi) is 5.46. The molecular formula is C20H23NO2S. The van der Waals surface area contributed by atoms with E-state index in [1.807, 2.05) is 49.9 Å². The summed E-state index contributed by atoms with van der Waals surface area (Å²) in [7, 11) is 0. The third-order valence-corrected chi connectivity index (χ3v) is 5.35. The van der Waals surface area contributed by atoms with Crippen LogP contribution in [0, 0.1) is 13.8 Å². The van der Waals surface area contributed by atoms with Gasteiger partial charge in [0.15, 0.2) is 0 Å². The first-order chi connectivity index (χ1) is 11.6. The van der Waals surface area contributed by atoms with E-state index in [1.54, 1.807) is 0 Å². The van der Waals surface area contributed by atoms with E-state index in [0.717, 1.165) is 29.1 Å². The predicted octanol–water partition coefficient (Wildman–Crippen LogP) is 4.43. The lowest BCUT2D eigenvalue weighted by Gasteiger charge is -2.25. The Morgan fingerprint density at radius 1 is 1.25 bits per heavy atom. The molecule has 0 spiro atoms. The molecular weight excluding hydrogens is 318 g/mol. The highest BCUT2D eigenvalue weighted by Crippen LogP contribution is 2.35. The molecule has 1 amide bonds. The molecule has 1 aliphatic rings. The molecule has 0 saturated heterocycles. The third kappa shape index (κ3) is 4.12. The monoisotopic (exact) mass is 341 g/mol. The maximum atomic E-state index is 12.3. The maximum Gasteiger partial charge on any atom is 0.223 e. The Balaban J connectivity index is 1.53. The van der Waals surface area contributed by atoms with Gasteiger partial charge in [0.1, 0.15) is 5.75 Å². The smallest absolute Gasteiger partial charge is 0.223 e. The first kappa shape index (κ1) is 16.9. The number of rotatable bonds is 5. The van der Waals surface area contributed by atoms with E-state index < -0.39 is 0 Å². The van der Waals surface area contributed by atoms with Crippen molar-refractivity contribution in [2.45, 2.75) is 37.6 Å². The molecule has 3 rings (SSSR count). The van der Waals surface area contributed by atoms with Gasteiger partial charge in [-0.15, -0.1) is 11.8 Å². The van der Waals surface area contributed by atoms with Crippen LogP contribution in [0.15, 0.2) is 47.4 Å². The van der Waals surface area contributed by atoms with E-state index in [2.05, 4.69) is 23.5 Å². The fourth-order valence-corrected chi connectivity index (χ4v) is 4.00. The first-order valence-electron chi connectivity index (χ1n) is 8.34. The van der Waals surface area contributed by atoms with E-state index in [1.165, 1.54) is 10.5 Å². The van der Waals surface area contributed by atoms with Gasteiger partial charge in [-0.25, -0.2) is 0 Å². The minimum absolute atomic E-state index is 0.0482. The molecule has 1 unspecified atom stereocenters. The van der Waals surface area contributed by atoms with Crippen molar-refractivity contribution in [3.05, 3.63) is 59.2 Å². The van der Waals surface area contributed by atoms with Gasteiger partial charge in [-0.05, 0) is 49.1 Å². The topological polar surface area (TPSA) is 38.3 Å². The lowest BCUT2D eigenvalue weighted by Crippen LogP contribution is -2.31. The van der Waals surface area contributed by atoms with Crippen LogP contribution >= 0.6 is 11.8 Å². The lowest BCUT2D eigenvalue weighted by molar-refractivity contribution is -0.122. The van der Waals surface area contributed by atoms with Crippen molar-refractivity contribution < 1.29 is 9.53 Å². The van der Waals surface area contributed by atoms with Crippen LogP contribution in [0.1, 0.15) is 35.6 Å². The molecule has 1 heterocycles. The highest BCUT2D eigenvalue weighted by molar-refractivity contribution is 7.99. The summed E-state index contributed by atoms with van der Waals surface area (Å²) in [5.41, 5.74) is 3.49. The number of nitrogens with one attached hydrogen (secondary N) is 1. The normalized spacial score (nSPS) is 16.3. The zero-order valence-electron chi connectivity index (χ0n) is 14.2. The average molecular weight is 341 g/mol. The van der Waals surface area contributed by atoms with Crippen molar-refractivity contribution in [2.24, 2.45) is 0 Å². The van der Waals surface area contributed by atoms with Gasteiger partial charge in [-0.2, -0.15) is 0 Å². The van der Waals surface area contributed by atoms with Gasteiger partial charge in [0, 0.05) is 10.6 Å². The molecule has 0 bridgehead atoms. The number of carbonyl (C=O) groups is 1. The minimum Gasteiger partial charge on any atom is -0.493 e. The lowest BCUT2D eigenvalue weighted by atomic mass is 10.0. The standard InChI is InChI=1S/C20H23NO2S/c1-14-7-8-15(2)18(13-14)23-11-9-20(22)21-17-10-12-24-19-6-4-3-5-16(17)19/h3-8,13,17H,9-12H2,1-2H3,(H,21,22). The van der Waals surface area contributed by atoms with E-state index in [0.29, 0.717) is 13.0 Å². The summed E-state index contributed by atoms with van der Waals surface area (Å²) >= 11 is 1.86. The van der Waals surface area contributed by atoms with Crippen molar-refractivity contribution in [3.8, 4) is 5.75 Å². The van der Waals surface area contributed by atoms with Crippen LogP contribution in [-0.2, 0) is 4.79 Å². The predicted molar refractivity (Wildman–Crippen MR) is 98.7 cm³/mol. The van der Waals surface area contributed by atoms with E-state index in [9.17, 15) is 4.79 Å². The van der Waals surface area contributed by atoms with Crippen LogP contribution in [-0.4, -0.2) is 18.3 Å². The summed E-state index contributed by atoms with van der Waals surface area (Å²) in [6, 6.07) is 14.6. The fourth-order valence-electron chi connectivity index (χ4n) is 2.88. The Morgan fingerprint density at radius 3 is 2.96 bits per heavy atom. The number of ether oxygens (including phenoxy) is 1. The molecule has 3 nitrogen and oxygen atoms in total. The molecule has 0 aliphatic carbocycles. The largest absolute Gasteiger partial charge is 0.493 e. The number of amides is 1. The van der Waals surface area contributed by atoms with Crippen LogP contribution in [0.5, 0.6) is 5.75 Å². The number of hydrogen-bond acceptors (Lipinski definition) is 3. The molecule has 1 N–H and O–H groups in total. The summed E-state index contributed by atoms with van der Waals surface area (Å²) in [6.07, 6.45) is 1.35. The fraction of sp³-hybridized carbons (Fsp3) is 0.350. The van der Waals surface area contributed by atoms with Gasteiger partial charge >= 0.3 is 0 Å². The van der Waals surface area contributed by atoms with Gasteiger partial charge < -0.3 is 10.1 Å². The molecule has 0 fully saturated rings. The Morgan fingerprint density at radius 2 is 2.08 bits per heavy atom. The Labute approximate surface area is 147 Å². The van der Waals surface area contributed by atoms with Crippen LogP contribution in [0.3, 0.4) is 0 Å². The molecule has 0 saturated carbocycles. The van der Waals surface area contributed by atoms with Crippen LogP contribution in [0.2, 0.25) is 0 Å². The molecule has 24 heavy (non-hydrogen) atoms. The number of thioether (sulfide) groups is 1. The molecule has 0 aromatic heterocycles. The summed E-state index contributed by atoms with van der Waals surface area (Å²) < 4.78 is 5.78. The zero-order chi connectivity index (χ0) is 16.9. The number of hydrogen-bond donors (Lipinski definition) is 1. The molecule has 1 atom stereocenters. The van der Waals surface area contributed by atoms with Gasteiger partial charge in [0.2, 0.25) is 5.91 Å². The van der Waals surface area contributed by atoms with Crippen molar-refractivity contribution in [1.82, 2.24) is 5.32 Å². The van der Waals surface area contributed by atoms with E-state index >= 15 is 0 Å². The van der Waals surface area contributed by atoms with Crippen LogP contribution in [0.25, 0.3) is 0 Å². The molecule has 4 heteroatoms. The molecule has 126 valence electrons. The zero-order valence-corrected chi connectivity index (χ0v) is 15.0. The molecule has 0 radical (unpaired) electrons. The maximum absolute atomic E-state index is 12.3. The second-order valence-corrected chi connectivity index (χ2v) is 7.30. The van der Waals surface area contributed by atoms with Gasteiger partial charge in [0.05, 0.1) is 19.1 Å². The number of benzene rings is 2. The Bertz CT molecular complexity index is 729. The van der Waals surface area contributed by atoms with Crippen molar-refractivity contribution in [3.63, 3.8) is 0 Å². The minimum atomic E-state index is 0.0482. The number of aryl methyl sites for hydroxylation is 2. The molecule has 1 aliphatic heterocycles. The average Bonchev–Trinajstić information content (AvgIpc) is 2.58. The van der Waals surface area contributed by atoms with Crippen molar-refractivity contribution >= 4 is 17.7 Å². The summed E-state index contributed by atoms with van der Waals surface area (Å²) in [4.78, 5) is 13.5. The van der Waals surface area contributed by atoms with Crippen molar-refractivity contribution in [1.29, 1.82) is 0 Å². The van der Waals surface area contributed by atoms with Crippen LogP contribution in [0.4, 0.5) is 0 Å². The summed E-state index contributed by atoms with van der Waals surface area (Å²) in [6.45, 7) is 4.46. The second-order valence-electron chi connectivity index (χ2n) is 6.16. The summed E-state index contributed by atoms with van der Waals surface area (Å²) in [5, 5.41) is 3.16. The molecule has 2 aromatic rings. The van der Waals surface area contributed by atoms with E-state index in [4.69, 9.17) is 4.74 Å². The highest BCUT2D eigenvalue weighted by Gasteiger charge is 2.21. The van der Waals surface area contributed by atoms with Gasteiger partial charge in [-0.3, -0.25) is 4.79 Å². The van der Waals surface area contributed by atoms with Gasteiger partial charge in [0.25, 0.3) is 0 Å². The third-order valence-electron chi connectivity index (χ3n) is 4.22. The number of fused-ring (bicyclic) bond motifs is 1. The second kappa shape index (κ2) is 7.75. The summed E-state index contributed by atoms with van der Waals surface area (Å²) in [5.74, 6) is 1.95. The highest BCUT2D eigenvalue weighted by atomic mass is 32.2. The SMILES string of the molecule is Cc1ccc(C)c(OCCC(=O)NC2CCSc3ccccc32)c1. The molecule has 2 aromatic carbocycles. The van der Waals surface area contributed by atoms with Gasteiger partial charge in [-0.1, -0.05) is 30.3 Å². The van der Waals surface area contributed by atoms with Crippen molar-refractivity contribution in [2.75, 3.05) is 12.4 Å². The Hall–Kier alpha value is -1.94. The quantitative estimate of drug-likeness (QED) is 0.874. The number of carbonyl (C=O) groups excluding carboxylic acids is 1.